The Balaban J connectivity index is 0.00000202. The van der Waals surface area contributed by atoms with Gasteiger partial charge in [0.05, 0.1) is 0 Å². The maximum absolute atomic E-state index is 2.81. The maximum atomic E-state index is 2.81. The van der Waals surface area contributed by atoms with Crippen LogP contribution in [0.1, 0.15) is 81.3 Å². The maximum Gasteiger partial charge on any atom is -1.00 e. The molecule has 1 aromatic heterocycles. The van der Waals surface area contributed by atoms with Gasteiger partial charge in [-0.3, -0.25) is 0 Å². The molecule has 0 radical (unpaired) electrons. The molecule has 4 heteroatoms. The van der Waals surface area contributed by atoms with Crippen molar-refractivity contribution in [2.24, 2.45) is 0 Å². The van der Waals surface area contributed by atoms with Gasteiger partial charge in [0.2, 0.25) is 0 Å². The van der Waals surface area contributed by atoms with Crippen molar-refractivity contribution in [3.63, 3.8) is 0 Å². The number of rotatable bonds is 5. The number of halogens is 2. The molecule has 0 atom stereocenters. The van der Waals surface area contributed by atoms with Crippen LogP contribution in [-0.4, -0.2) is 3.71 Å². The molecular weight excluding hydrogens is 651 g/mol. The summed E-state index contributed by atoms with van der Waals surface area (Å²) in [5, 5.41) is 4.57. The molecule has 1 heterocycles. The van der Waals surface area contributed by atoms with Crippen LogP contribution in [0.5, 0.6) is 0 Å². The van der Waals surface area contributed by atoms with Gasteiger partial charge in [-0.05, 0) is 0 Å². The normalized spacial score (nSPS) is 14.0. The van der Waals surface area contributed by atoms with Crippen molar-refractivity contribution in [2.75, 3.05) is 0 Å². The van der Waals surface area contributed by atoms with E-state index in [2.05, 4.69) is 135 Å². The van der Waals surface area contributed by atoms with Crippen LogP contribution < -0.4 is 28.1 Å². The molecule has 4 aromatic rings. The largest absolute Gasteiger partial charge is 1.00 e. The molecule has 0 N–H and O–H groups in total. The molecule has 0 saturated carbocycles. The summed E-state index contributed by atoms with van der Waals surface area (Å²) in [6, 6.07) is 25.6. The predicted molar refractivity (Wildman–Crippen MR) is 173 cm³/mol. The third-order valence-corrected chi connectivity index (χ3v) is 16.2. The number of hydrogen-bond acceptors (Lipinski definition) is 1. The fourth-order valence-electron chi connectivity index (χ4n) is 6.33. The molecule has 3 aromatic carbocycles. The summed E-state index contributed by atoms with van der Waals surface area (Å²) in [6.45, 7) is 14.2. The molecule has 6 rings (SSSR count). The van der Waals surface area contributed by atoms with Gasteiger partial charge in [-0.2, -0.15) is 0 Å². The van der Waals surface area contributed by atoms with Gasteiger partial charge in [0.15, 0.2) is 0 Å². The SMILES string of the molecule is CC(C)(C)c1ccc2c(c1)Cc1c-2ccc(C(C)(C)C)[c]1[Zr+2](=[CH]Cc1ccccc1)[C]1=C(c2ccsc2)C=CC1.[Cl-].[Cl-]. The van der Waals surface area contributed by atoms with E-state index < -0.39 is 21.3 Å². The van der Waals surface area contributed by atoms with Gasteiger partial charge in [-0.25, -0.2) is 0 Å². The second-order valence-corrected chi connectivity index (χ2v) is 19.9. The smallest absolute Gasteiger partial charge is 1.00 e. The first kappa shape index (κ1) is 33.1. The molecule has 0 unspecified atom stereocenters. The molecule has 0 bridgehead atoms. The summed E-state index contributed by atoms with van der Waals surface area (Å²) in [6.07, 6.45) is 8.04. The molecule has 0 fully saturated rings. The van der Waals surface area contributed by atoms with E-state index in [-0.39, 0.29) is 35.6 Å². The molecule has 0 amide bonds. The van der Waals surface area contributed by atoms with Crippen LogP contribution in [0.3, 0.4) is 0 Å². The van der Waals surface area contributed by atoms with E-state index >= 15 is 0 Å². The number of hydrogen-bond donors (Lipinski definition) is 0. The van der Waals surface area contributed by atoms with Crippen molar-refractivity contribution < 1.29 is 46.1 Å². The Bertz CT molecular complexity index is 1660. The first-order chi connectivity index (χ1) is 19.1. The standard InChI is InChI=1S/C21H25.C9H7S.C8H8.2ClH.Zr/c1-20(2,3)16-7-9-18-14(12-16)11-15-13-17(21(4,5)6)8-10-19(15)18;1-2-4-8(3-1)9-5-6-10-7-9;1-2-8-6-4-3-5-7-8;;;/h7-10,12H,11H2,1-6H3;1,3,5-7H,2H2;1,3-7H,2H2;2*1H;/q;;;;;+2/p-2. The van der Waals surface area contributed by atoms with Crippen molar-refractivity contribution in [3.8, 4) is 11.1 Å². The molecule has 0 saturated heterocycles. The van der Waals surface area contributed by atoms with E-state index in [0.717, 1.165) is 19.3 Å². The van der Waals surface area contributed by atoms with Crippen LogP contribution in [-0.2, 0) is 44.9 Å². The van der Waals surface area contributed by atoms with Gasteiger partial charge in [0.25, 0.3) is 0 Å². The summed E-state index contributed by atoms with van der Waals surface area (Å²) in [4.78, 5) is 0. The monoisotopic (exact) mass is 688 g/mol. The molecule has 0 nitrogen and oxygen atoms in total. The Labute approximate surface area is 277 Å². The summed E-state index contributed by atoms with van der Waals surface area (Å²) < 4.78 is 6.28. The summed E-state index contributed by atoms with van der Waals surface area (Å²) in [5.41, 5.74) is 13.7. The molecule has 2 aliphatic rings. The zero-order chi connectivity index (χ0) is 28.1. The molecular formula is C38H40Cl2SZr. The van der Waals surface area contributed by atoms with Gasteiger partial charge in [-0.15, -0.1) is 0 Å². The zero-order valence-electron chi connectivity index (χ0n) is 25.5. The quantitative estimate of drug-likeness (QED) is 0.265. The molecule has 0 spiro atoms. The van der Waals surface area contributed by atoms with Crippen molar-refractivity contribution in [1.82, 2.24) is 0 Å². The van der Waals surface area contributed by atoms with Crippen LogP contribution in [0.2, 0.25) is 0 Å². The Kier molecular flexibility index (Phi) is 10.3. The van der Waals surface area contributed by atoms with Gasteiger partial charge >= 0.3 is 254 Å². The third kappa shape index (κ3) is 6.49. The van der Waals surface area contributed by atoms with Crippen molar-refractivity contribution in [3.05, 3.63) is 126 Å². The van der Waals surface area contributed by atoms with Crippen LogP contribution >= 0.6 is 11.3 Å². The summed E-state index contributed by atoms with van der Waals surface area (Å²) in [7, 11) is 0. The first-order valence-electron chi connectivity index (χ1n) is 14.6. The Morgan fingerprint density at radius 1 is 0.833 bits per heavy atom. The fraction of sp³-hybridized carbons (Fsp3) is 0.289. The summed E-state index contributed by atoms with van der Waals surface area (Å²) in [5.74, 6) is 0. The predicted octanol–water partition coefficient (Wildman–Crippen LogP) is 3.58. The molecule has 0 aliphatic heterocycles. The van der Waals surface area contributed by atoms with E-state index in [0.29, 0.717) is 0 Å². The van der Waals surface area contributed by atoms with E-state index in [4.69, 9.17) is 0 Å². The first-order valence-corrected chi connectivity index (χ1v) is 19.4. The number of allylic oxidation sites excluding steroid dienone is 4. The fourth-order valence-corrected chi connectivity index (χ4v) is 15.2. The Morgan fingerprint density at radius 2 is 1.57 bits per heavy atom. The number of benzene rings is 3. The van der Waals surface area contributed by atoms with Gasteiger partial charge in [-0.1, -0.05) is 0 Å². The minimum absolute atomic E-state index is 0. The van der Waals surface area contributed by atoms with Crippen LogP contribution in [0.15, 0.2) is 92.9 Å². The second-order valence-electron chi connectivity index (χ2n) is 13.4. The van der Waals surface area contributed by atoms with E-state index in [1.807, 2.05) is 11.3 Å². The molecule has 42 heavy (non-hydrogen) atoms. The van der Waals surface area contributed by atoms with E-state index in [1.54, 1.807) is 17.7 Å². The average molecular weight is 691 g/mol. The van der Waals surface area contributed by atoms with Crippen LogP contribution in [0, 0.1) is 0 Å². The van der Waals surface area contributed by atoms with Gasteiger partial charge in [0, 0.05) is 0 Å². The van der Waals surface area contributed by atoms with Gasteiger partial charge in [0.1, 0.15) is 0 Å². The van der Waals surface area contributed by atoms with Crippen molar-refractivity contribution in [2.45, 2.75) is 71.6 Å². The average Bonchev–Trinajstić information content (AvgIpc) is 3.67. The van der Waals surface area contributed by atoms with Gasteiger partial charge < -0.3 is 24.8 Å². The minimum Gasteiger partial charge on any atom is -1.00 e. The van der Waals surface area contributed by atoms with Crippen LogP contribution in [0.25, 0.3) is 16.7 Å². The Hall–Kier alpha value is -1.83. The topological polar surface area (TPSA) is 0 Å². The number of fused-ring (bicyclic) bond motifs is 3. The van der Waals surface area contributed by atoms with E-state index in [9.17, 15) is 0 Å². The Morgan fingerprint density at radius 3 is 2.24 bits per heavy atom. The minimum atomic E-state index is -2.49. The third-order valence-electron chi connectivity index (χ3n) is 8.49. The van der Waals surface area contributed by atoms with E-state index in [1.165, 1.54) is 39.0 Å². The second kappa shape index (κ2) is 13.0. The number of thiophene rings is 1. The van der Waals surface area contributed by atoms with Crippen molar-refractivity contribution in [1.29, 1.82) is 0 Å². The molecule has 2 aliphatic carbocycles. The zero-order valence-corrected chi connectivity index (χ0v) is 30.3. The van der Waals surface area contributed by atoms with Crippen molar-refractivity contribution >= 4 is 23.9 Å². The van der Waals surface area contributed by atoms with Crippen LogP contribution in [0.4, 0.5) is 0 Å². The molecule has 216 valence electrons. The summed E-state index contributed by atoms with van der Waals surface area (Å²) >= 11 is -0.675.